The predicted molar refractivity (Wildman–Crippen MR) is 91.4 cm³/mol. The number of benzene rings is 1. The molecule has 8 nitrogen and oxygen atoms in total. The quantitative estimate of drug-likeness (QED) is 0.483. The Bertz CT molecular complexity index is 953. The third-order valence-corrected chi connectivity index (χ3v) is 6.03. The Morgan fingerprint density at radius 1 is 1.04 bits per heavy atom. The Morgan fingerprint density at radius 3 is 2.39 bits per heavy atom. The molecule has 1 spiro atoms. The molecular formula is C20H18O8. The fraction of sp³-hybridized carbons (Fsp3) is 0.450. The van der Waals surface area contributed by atoms with E-state index in [1.54, 1.807) is 25.1 Å². The highest BCUT2D eigenvalue weighted by Gasteiger charge is 2.82. The van der Waals surface area contributed by atoms with Crippen molar-refractivity contribution in [2.24, 2.45) is 0 Å². The highest BCUT2D eigenvalue weighted by atomic mass is 16.7. The largest absolute Gasteiger partial charge is 0.456 e. The first-order valence-electron chi connectivity index (χ1n) is 9.11. The van der Waals surface area contributed by atoms with Gasteiger partial charge >= 0.3 is 5.97 Å². The highest BCUT2D eigenvalue weighted by molar-refractivity contribution is 6.23. The first-order valence-corrected chi connectivity index (χ1v) is 9.11. The molecule has 5 rings (SSSR count). The van der Waals surface area contributed by atoms with Crippen molar-refractivity contribution in [3.05, 3.63) is 47.5 Å². The molecule has 2 fully saturated rings. The van der Waals surface area contributed by atoms with Gasteiger partial charge in [-0.1, -0.05) is 30.3 Å². The molecule has 28 heavy (non-hydrogen) atoms. The number of Topliss-reactive ketones (excluding diaryl/α,β-unsaturated/α-hetero) is 2. The zero-order valence-corrected chi connectivity index (χ0v) is 15.0. The lowest BCUT2D eigenvalue weighted by Gasteiger charge is -2.59. The molecule has 0 unspecified atom stereocenters. The minimum absolute atomic E-state index is 0.0498. The number of carbonyl (C=O) groups excluding carboxylic acids is 3. The first kappa shape index (κ1) is 17.7. The van der Waals surface area contributed by atoms with Gasteiger partial charge in [-0.05, 0) is 19.4 Å². The van der Waals surface area contributed by atoms with Crippen LogP contribution in [0.15, 0.2) is 36.4 Å². The summed E-state index contributed by atoms with van der Waals surface area (Å²) >= 11 is 0. The fourth-order valence-electron chi connectivity index (χ4n) is 4.75. The molecule has 6 atom stereocenters. The Labute approximate surface area is 159 Å². The number of ketones is 2. The van der Waals surface area contributed by atoms with Crippen molar-refractivity contribution >= 4 is 17.5 Å². The van der Waals surface area contributed by atoms with Gasteiger partial charge < -0.3 is 24.4 Å². The van der Waals surface area contributed by atoms with Crippen LogP contribution in [0.5, 0.6) is 0 Å². The van der Waals surface area contributed by atoms with E-state index in [0.717, 1.165) is 0 Å². The van der Waals surface area contributed by atoms with Crippen molar-refractivity contribution in [3.63, 3.8) is 0 Å². The van der Waals surface area contributed by atoms with E-state index in [1.165, 1.54) is 18.2 Å². The van der Waals surface area contributed by atoms with Crippen molar-refractivity contribution in [2.45, 2.75) is 55.1 Å². The lowest BCUT2D eigenvalue weighted by molar-refractivity contribution is -0.379. The lowest BCUT2D eigenvalue weighted by Crippen LogP contribution is -2.85. The number of esters is 1. The van der Waals surface area contributed by atoms with Crippen LogP contribution in [0.2, 0.25) is 0 Å². The second-order valence-corrected chi connectivity index (χ2v) is 7.69. The van der Waals surface area contributed by atoms with Crippen LogP contribution in [0, 0.1) is 0 Å². The van der Waals surface area contributed by atoms with Gasteiger partial charge in [-0.2, -0.15) is 0 Å². The third kappa shape index (κ3) is 1.81. The smallest absolute Gasteiger partial charge is 0.309 e. The lowest BCUT2D eigenvalue weighted by atomic mass is 9.59. The molecule has 0 aromatic heterocycles. The average Bonchev–Trinajstić information content (AvgIpc) is 3.04. The number of aliphatic hydroxyl groups is 2. The highest BCUT2D eigenvalue weighted by Crippen LogP contribution is 2.55. The molecule has 2 saturated heterocycles. The molecule has 0 bridgehead atoms. The van der Waals surface area contributed by atoms with Crippen LogP contribution in [0.3, 0.4) is 0 Å². The van der Waals surface area contributed by atoms with E-state index >= 15 is 0 Å². The molecule has 4 aliphatic rings. The van der Waals surface area contributed by atoms with Gasteiger partial charge in [-0.25, -0.2) is 0 Å². The number of rotatable bonds is 0. The molecule has 0 radical (unpaired) electrons. The predicted octanol–water partition coefficient (Wildman–Crippen LogP) is 0.303. The van der Waals surface area contributed by atoms with Gasteiger partial charge in [0, 0.05) is 11.1 Å². The first-order chi connectivity index (χ1) is 13.2. The van der Waals surface area contributed by atoms with Gasteiger partial charge in [0.15, 0.2) is 6.10 Å². The molecule has 8 heteroatoms. The normalized spacial score (nSPS) is 44.1. The maximum atomic E-state index is 13.5. The van der Waals surface area contributed by atoms with Crippen molar-refractivity contribution in [1.82, 2.24) is 0 Å². The van der Waals surface area contributed by atoms with Crippen LogP contribution < -0.4 is 0 Å². The summed E-state index contributed by atoms with van der Waals surface area (Å²) in [6.45, 7) is 1.71. The Hall–Kier alpha value is -2.39. The third-order valence-electron chi connectivity index (χ3n) is 6.03. The minimum Gasteiger partial charge on any atom is -0.456 e. The Morgan fingerprint density at radius 2 is 1.71 bits per heavy atom. The van der Waals surface area contributed by atoms with Gasteiger partial charge in [-0.15, -0.1) is 0 Å². The molecule has 2 N–H and O–H groups in total. The second kappa shape index (κ2) is 5.36. The van der Waals surface area contributed by atoms with Crippen molar-refractivity contribution in [2.75, 3.05) is 0 Å². The monoisotopic (exact) mass is 386 g/mol. The fourth-order valence-corrected chi connectivity index (χ4v) is 4.75. The molecule has 1 aromatic carbocycles. The Kier molecular flexibility index (Phi) is 3.38. The zero-order chi connectivity index (χ0) is 19.9. The summed E-state index contributed by atoms with van der Waals surface area (Å²) in [6.07, 6.45) is 0.192. The molecule has 3 heterocycles. The van der Waals surface area contributed by atoms with Gasteiger partial charge in [0.2, 0.25) is 28.6 Å². The average molecular weight is 386 g/mol. The summed E-state index contributed by atoms with van der Waals surface area (Å²) < 4.78 is 17.0. The van der Waals surface area contributed by atoms with E-state index in [1.807, 2.05) is 0 Å². The van der Waals surface area contributed by atoms with Crippen LogP contribution in [-0.2, 0) is 19.0 Å². The Balaban J connectivity index is 1.83. The van der Waals surface area contributed by atoms with Gasteiger partial charge in [0.1, 0.15) is 6.10 Å². The van der Waals surface area contributed by atoms with E-state index < -0.39 is 52.8 Å². The van der Waals surface area contributed by atoms with Crippen LogP contribution in [0.4, 0.5) is 0 Å². The molecule has 0 amide bonds. The van der Waals surface area contributed by atoms with Crippen LogP contribution in [-0.4, -0.2) is 63.0 Å². The van der Waals surface area contributed by atoms with Crippen molar-refractivity contribution in [1.29, 1.82) is 0 Å². The summed E-state index contributed by atoms with van der Waals surface area (Å²) in [6, 6.07) is 5.88. The maximum Gasteiger partial charge on any atom is 0.309 e. The van der Waals surface area contributed by atoms with Crippen molar-refractivity contribution in [3.8, 4) is 0 Å². The van der Waals surface area contributed by atoms with E-state index in [4.69, 9.17) is 14.2 Å². The molecule has 0 saturated carbocycles. The molecule has 3 aliphatic heterocycles. The number of fused-ring (bicyclic) bond motifs is 5. The van der Waals surface area contributed by atoms with Crippen LogP contribution >= 0.6 is 0 Å². The summed E-state index contributed by atoms with van der Waals surface area (Å²) in [5.41, 5.74) is -5.69. The summed E-state index contributed by atoms with van der Waals surface area (Å²) in [4.78, 5) is 38.8. The van der Waals surface area contributed by atoms with Gasteiger partial charge in [0.05, 0.1) is 12.5 Å². The number of hydrogen-bond donors (Lipinski definition) is 2. The van der Waals surface area contributed by atoms with E-state index in [2.05, 4.69) is 0 Å². The molecule has 146 valence electrons. The molecule has 1 aliphatic carbocycles. The maximum absolute atomic E-state index is 13.5. The van der Waals surface area contributed by atoms with Crippen LogP contribution in [0.25, 0.3) is 0 Å². The van der Waals surface area contributed by atoms with Gasteiger partial charge in [-0.3, -0.25) is 14.4 Å². The van der Waals surface area contributed by atoms with Crippen LogP contribution in [0.1, 0.15) is 40.5 Å². The van der Waals surface area contributed by atoms with E-state index in [9.17, 15) is 24.6 Å². The zero-order valence-electron chi connectivity index (χ0n) is 15.0. The molecular weight excluding hydrogens is 368 g/mol. The number of carbonyl (C=O) groups is 3. The van der Waals surface area contributed by atoms with Crippen molar-refractivity contribution < 1.29 is 38.8 Å². The van der Waals surface area contributed by atoms with E-state index in [0.29, 0.717) is 6.42 Å². The second-order valence-electron chi connectivity index (χ2n) is 7.69. The molecule has 1 aromatic rings. The minimum atomic E-state index is -2.83. The summed E-state index contributed by atoms with van der Waals surface area (Å²) in [7, 11) is 0. The number of hydrogen-bond acceptors (Lipinski definition) is 8. The van der Waals surface area contributed by atoms with Gasteiger partial charge in [0.25, 0.3) is 0 Å². The summed E-state index contributed by atoms with van der Waals surface area (Å²) in [5, 5.41) is 23.4. The standard InChI is InChI=1S/C20H18O8/c1-10-5-4-8-18(27-10)20(25)16(23)12-7-3-2-6-11(12)15(22)19(20,24)17-13(28-18)9-14(21)26-17/h2-4,6-8,10,13,17,24-25H,5,9H2,1H3/t10-,13-,17+,18-,19+,20+/m0/s1. The topological polar surface area (TPSA) is 119 Å². The number of ether oxygens (including phenoxy) is 3. The SMILES string of the molecule is C[C@H]1CC=C[C@@]2(O[C@H]3CC(=O)O[C@H]3[C@]3(O)C(=O)c4ccccc4C(=O)[C@@]23O)O1. The summed E-state index contributed by atoms with van der Waals surface area (Å²) in [5.74, 6) is -4.66. The van der Waals surface area contributed by atoms with E-state index in [-0.39, 0.29) is 17.5 Å².